The molecule has 3 heterocycles. The molecule has 25 heavy (non-hydrogen) atoms. The molecule has 4 rings (SSSR count). The van der Waals surface area contributed by atoms with Gasteiger partial charge in [0, 0.05) is 19.2 Å². The van der Waals surface area contributed by atoms with E-state index in [9.17, 15) is 4.79 Å². The molecule has 1 aliphatic rings. The van der Waals surface area contributed by atoms with Crippen LogP contribution in [0.4, 0.5) is 0 Å². The molecule has 0 unspecified atom stereocenters. The van der Waals surface area contributed by atoms with Crippen LogP contribution in [0.3, 0.4) is 0 Å². The number of carbonyl (C=O) groups is 1. The molecule has 128 valence electrons. The highest BCUT2D eigenvalue weighted by Crippen LogP contribution is 2.23. The van der Waals surface area contributed by atoms with Crippen LogP contribution in [0.2, 0.25) is 0 Å². The fourth-order valence-electron chi connectivity index (χ4n) is 3.01. The van der Waals surface area contributed by atoms with E-state index in [0.29, 0.717) is 36.8 Å². The smallest absolute Gasteiger partial charge is 0.272 e. The zero-order valence-corrected chi connectivity index (χ0v) is 14.0. The molecule has 0 bridgehead atoms. The van der Waals surface area contributed by atoms with Gasteiger partial charge in [-0.3, -0.25) is 4.79 Å². The number of ether oxygens (including phenoxy) is 1. The molecule has 0 saturated carbocycles. The molecule has 1 amide bonds. The quantitative estimate of drug-likeness (QED) is 0.737. The molecular formula is C19H19N3O3. The summed E-state index contributed by atoms with van der Waals surface area (Å²) in [6, 6.07) is 15.1. The fourth-order valence-corrected chi connectivity index (χ4v) is 3.01. The van der Waals surface area contributed by atoms with Gasteiger partial charge in [-0.05, 0) is 31.2 Å². The van der Waals surface area contributed by atoms with E-state index in [1.165, 1.54) is 0 Å². The first-order valence-electron chi connectivity index (χ1n) is 8.32. The van der Waals surface area contributed by atoms with E-state index in [-0.39, 0.29) is 12.0 Å². The zero-order valence-electron chi connectivity index (χ0n) is 14.0. The third kappa shape index (κ3) is 3.08. The topological polar surface area (TPSA) is 60.5 Å². The van der Waals surface area contributed by atoms with Crippen LogP contribution in [0.15, 0.2) is 59.2 Å². The minimum Gasteiger partial charge on any atom is -0.463 e. The van der Waals surface area contributed by atoms with Gasteiger partial charge in [0.2, 0.25) is 0 Å². The summed E-state index contributed by atoms with van der Waals surface area (Å²) in [5.74, 6) is 0.586. The molecule has 0 N–H and O–H groups in total. The van der Waals surface area contributed by atoms with Crippen LogP contribution in [0.1, 0.15) is 17.4 Å². The predicted octanol–water partition coefficient (Wildman–Crippen LogP) is 2.99. The van der Waals surface area contributed by atoms with Crippen LogP contribution >= 0.6 is 0 Å². The number of amides is 1. The third-order valence-corrected chi connectivity index (χ3v) is 4.23. The molecule has 1 saturated heterocycles. The van der Waals surface area contributed by atoms with Crippen molar-refractivity contribution in [3.8, 4) is 17.1 Å². The van der Waals surface area contributed by atoms with E-state index in [0.717, 1.165) is 5.69 Å². The number of furan rings is 1. The summed E-state index contributed by atoms with van der Waals surface area (Å²) in [7, 11) is 0. The van der Waals surface area contributed by atoms with Crippen molar-refractivity contribution in [2.75, 3.05) is 19.7 Å². The fraction of sp³-hybridized carbons (Fsp3) is 0.263. The number of morpholine rings is 1. The molecule has 6 nitrogen and oxygen atoms in total. The minimum absolute atomic E-state index is 0.0374. The Morgan fingerprint density at radius 1 is 1.20 bits per heavy atom. The Labute approximate surface area is 145 Å². The van der Waals surface area contributed by atoms with Gasteiger partial charge in [-0.25, -0.2) is 4.68 Å². The maximum absolute atomic E-state index is 13.1. The monoisotopic (exact) mass is 337 g/mol. The molecule has 1 aromatic carbocycles. The Hall–Kier alpha value is -2.86. The summed E-state index contributed by atoms with van der Waals surface area (Å²) in [4.78, 5) is 14.9. The van der Waals surface area contributed by atoms with Crippen molar-refractivity contribution in [3.63, 3.8) is 0 Å². The highest BCUT2D eigenvalue weighted by Gasteiger charge is 2.27. The summed E-state index contributed by atoms with van der Waals surface area (Å²) >= 11 is 0. The van der Waals surface area contributed by atoms with Crippen molar-refractivity contribution in [3.05, 3.63) is 60.5 Å². The van der Waals surface area contributed by atoms with Crippen LogP contribution in [0.25, 0.3) is 17.1 Å². The van der Waals surface area contributed by atoms with Crippen LogP contribution in [-0.4, -0.2) is 46.4 Å². The Balaban J connectivity index is 1.76. The van der Waals surface area contributed by atoms with Crippen molar-refractivity contribution in [2.45, 2.75) is 13.0 Å². The van der Waals surface area contributed by atoms with Crippen LogP contribution in [0, 0.1) is 0 Å². The highest BCUT2D eigenvalue weighted by molar-refractivity contribution is 5.94. The maximum atomic E-state index is 13.1. The number of para-hydroxylation sites is 1. The first kappa shape index (κ1) is 15.7. The van der Waals surface area contributed by atoms with Crippen molar-refractivity contribution < 1.29 is 13.9 Å². The molecule has 0 spiro atoms. The third-order valence-electron chi connectivity index (χ3n) is 4.23. The van der Waals surface area contributed by atoms with Crippen molar-refractivity contribution in [2.24, 2.45) is 0 Å². The summed E-state index contributed by atoms with van der Waals surface area (Å²) < 4.78 is 12.7. The van der Waals surface area contributed by atoms with E-state index < -0.39 is 0 Å². The van der Waals surface area contributed by atoms with Gasteiger partial charge in [0.05, 0.1) is 24.7 Å². The molecule has 1 fully saturated rings. The number of nitrogens with zero attached hydrogens (tertiary/aromatic N) is 3. The minimum atomic E-state index is -0.0516. The highest BCUT2D eigenvalue weighted by atomic mass is 16.5. The van der Waals surface area contributed by atoms with Crippen molar-refractivity contribution in [1.29, 1.82) is 0 Å². The molecule has 6 heteroatoms. The lowest BCUT2D eigenvalue weighted by Crippen LogP contribution is -2.45. The van der Waals surface area contributed by atoms with Crippen LogP contribution < -0.4 is 0 Å². The Morgan fingerprint density at radius 2 is 2.04 bits per heavy atom. The SMILES string of the molecule is C[C@@H]1CN(C(=O)c2cc(-c3ccco3)nn2-c2ccccc2)CCO1. The first-order chi connectivity index (χ1) is 12.2. The molecule has 1 aliphatic heterocycles. The maximum Gasteiger partial charge on any atom is 0.272 e. The molecule has 3 aromatic rings. The van der Waals surface area contributed by atoms with E-state index in [4.69, 9.17) is 9.15 Å². The molecule has 2 aromatic heterocycles. The second-order valence-electron chi connectivity index (χ2n) is 6.07. The van der Waals surface area contributed by atoms with E-state index in [2.05, 4.69) is 5.10 Å². The summed E-state index contributed by atoms with van der Waals surface area (Å²) in [6.45, 7) is 3.69. The van der Waals surface area contributed by atoms with Crippen LogP contribution in [0.5, 0.6) is 0 Å². The predicted molar refractivity (Wildman–Crippen MR) is 92.6 cm³/mol. The number of rotatable bonds is 3. The standard InChI is InChI=1S/C19H19N3O3/c1-14-13-21(9-11-24-14)19(23)17-12-16(18-8-5-10-25-18)20-22(17)15-6-3-2-4-7-15/h2-8,10,12,14H,9,11,13H2,1H3/t14-/m1/s1. The van der Waals surface area contributed by atoms with Gasteiger partial charge in [0.15, 0.2) is 5.76 Å². The van der Waals surface area contributed by atoms with Gasteiger partial charge in [0.1, 0.15) is 11.4 Å². The van der Waals surface area contributed by atoms with Crippen molar-refractivity contribution >= 4 is 5.91 Å². The Morgan fingerprint density at radius 3 is 2.76 bits per heavy atom. The Bertz CT molecular complexity index is 855. The molecular weight excluding hydrogens is 318 g/mol. The number of aromatic nitrogens is 2. The lowest BCUT2D eigenvalue weighted by atomic mass is 10.2. The Kier molecular flexibility index (Phi) is 4.11. The van der Waals surface area contributed by atoms with Gasteiger partial charge < -0.3 is 14.1 Å². The van der Waals surface area contributed by atoms with Gasteiger partial charge in [-0.2, -0.15) is 5.10 Å². The number of hydrogen-bond donors (Lipinski definition) is 0. The number of carbonyl (C=O) groups excluding carboxylic acids is 1. The van der Waals surface area contributed by atoms with E-state index in [1.807, 2.05) is 54.3 Å². The lowest BCUT2D eigenvalue weighted by molar-refractivity contribution is -0.0127. The second kappa shape index (κ2) is 6.57. The zero-order chi connectivity index (χ0) is 17.2. The van der Waals surface area contributed by atoms with Gasteiger partial charge in [-0.1, -0.05) is 18.2 Å². The number of benzene rings is 1. The normalized spacial score (nSPS) is 17.6. The number of hydrogen-bond acceptors (Lipinski definition) is 4. The summed E-state index contributed by atoms with van der Waals surface area (Å²) in [5, 5.41) is 4.60. The van der Waals surface area contributed by atoms with E-state index >= 15 is 0 Å². The van der Waals surface area contributed by atoms with Crippen LogP contribution in [-0.2, 0) is 4.74 Å². The average Bonchev–Trinajstić information content (AvgIpc) is 3.31. The summed E-state index contributed by atoms with van der Waals surface area (Å²) in [6.07, 6.45) is 1.64. The summed E-state index contributed by atoms with van der Waals surface area (Å²) in [5.41, 5.74) is 2.00. The molecule has 1 atom stereocenters. The van der Waals surface area contributed by atoms with Crippen molar-refractivity contribution in [1.82, 2.24) is 14.7 Å². The molecule has 0 radical (unpaired) electrons. The lowest BCUT2D eigenvalue weighted by Gasteiger charge is -2.31. The van der Waals surface area contributed by atoms with E-state index in [1.54, 1.807) is 17.0 Å². The van der Waals surface area contributed by atoms with Gasteiger partial charge >= 0.3 is 0 Å². The second-order valence-corrected chi connectivity index (χ2v) is 6.07. The van der Waals surface area contributed by atoms with Gasteiger partial charge in [-0.15, -0.1) is 0 Å². The average molecular weight is 337 g/mol. The first-order valence-corrected chi connectivity index (χ1v) is 8.32. The van der Waals surface area contributed by atoms with Gasteiger partial charge in [0.25, 0.3) is 5.91 Å². The largest absolute Gasteiger partial charge is 0.463 e. The molecule has 0 aliphatic carbocycles.